The number of nitrogens with zero attached hydrogens (tertiary/aromatic N) is 1. The zero-order valence-corrected chi connectivity index (χ0v) is 7.98. The summed E-state index contributed by atoms with van der Waals surface area (Å²) < 4.78 is 26.0. The van der Waals surface area contributed by atoms with Gasteiger partial charge in [0.1, 0.15) is 5.82 Å². The Morgan fingerprint density at radius 3 is 2.69 bits per heavy atom. The molecule has 0 atom stereocenters. The van der Waals surface area contributed by atoms with Gasteiger partial charge in [0.05, 0.1) is 5.52 Å². The maximum atomic E-state index is 12.8. The van der Waals surface area contributed by atoms with E-state index in [4.69, 9.17) is 0 Å². The van der Waals surface area contributed by atoms with Gasteiger partial charge in [0, 0.05) is 15.9 Å². The largest absolute Gasteiger partial charge is 0.220 e. The van der Waals surface area contributed by atoms with Crippen molar-refractivity contribution in [3.8, 4) is 0 Å². The minimum Gasteiger partial charge on any atom is -0.220 e. The first-order valence-electron chi connectivity index (χ1n) is 3.58. The van der Waals surface area contributed by atoms with Crippen molar-refractivity contribution in [1.82, 2.24) is 4.98 Å². The molecule has 1 nitrogen and oxygen atoms in total. The van der Waals surface area contributed by atoms with Crippen LogP contribution in [-0.2, 0) is 0 Å². The molecule has 0 aliphatic heterocycles. The highest BCUT2D eigenvalue weighted by Gasteiger charge is 2.03. The lowest BCUT2D eigenvalue weighted by atomic mass is 10.2. The second kappa shape index (κ2) is 3.03. The van der Waals surface area contributed by atoms with Crippen LogP contribution in [0.5, 0.6) is 0 Å². The van der Waals surface area contributed by atoms with E-state index in [-0.39, 0.29) is 5.82 Å². The molecular weight excluding hydrogens is 240 g/mol. The van der Waals surface area contributed by atoms with E-state index in [1.54, 1.807) is 0 Å². The van der Waals surface area contributed by atoms with Crippen molar-refractivity contribution in [2.75, 3.05) is 0 Å². The molecule has 2 aromatic rings. The molecule has 0 saturated heterocycles. The summed E-state index contributed by atoms with van der Waals surface area (Å²) in [6, 6.07) is 5.22. The maximum Gasteiger partial charge on any atom is 0.214 e. The van der Waals surface area contributed by atoms with Gasteiger partial charge in [-0.15, -0.1) is 0 Å². The van der Waals surface area contributed by atoms with Gasteiger partial charge >= 0.3 is 0 Å². The van der Waals surface area contributed by atoms with Crippen molar-refractivity contribution in [1.29, 1.82) is 0 Å². The Morgan fingerprint density at radius 1 is 1.15 bits per heavy atom. The van der Waals surface area contributed by atoms with Crippen molar-refractivity contribution < 1.29 is 8.78 Å². The molecule has 0 saturated carbocycles. The van der Waals surface area contributed by atoms with E-state index < -0.39 is 5.95 Å². The summed E-state index contributed by atoms with van der Waals surface area (Å²) in [6.45, 7) is 0. The van der Waals surface area contributed by atoms with E-state index in [0.717, 1.165) is 0 Å². The maximum absolute atomic E-state index is 12.8. The molecule has 0 unspecified atom stereocenters. The monoisotopic (exact) mass is 243 g/mol. The Morgan fingerprint density at radius 2 is 1.92 bits per heavy atom. The predicted molar refractivity (Wildman–Crippen MR) is 49.4 cm³/mol. The molecule has 66 valence electrons. The molecule has 0 amide bonds. The first kappa shape index (κ1) is 8.56. The van der Waals surface area contributed by atoms with Gasteiger partial charge in [0.25, 0.3) is 0 Å². The highest BCUT2D eigenvalue weighted by Crippen LogP contribution is 2.23. The Balaban J connectivity index is 2.87. The van der Waals surface area contributed by atoms with E-state index in [9.17, 15) is 8.78 Å². The lowest BCUT2D eigenvalue weighted by molar-refractivity contribution is 0.587. The summed E-state index contributed by atoms with van der Waals surface area (Å²) in [5, 5.41) is 0.571. The quantitative estimate of drug-likeness (QED) is 0.648. The molecule has 1 aromatic heterocycles. The van der Waals surface area contributed by atoms with Gasteiger partial charge in [0.2, 0.25) is 5.95 Å². The van der Waals surface area contributed by atoms with Crippen LogP contribution in [0.15, 0.2) is 28.7 Å². The van der Waals surface area contributed by atoms with Crippen molar-refractivity contribution in [3.05, 3.63) is 40.5 Å². The highest BCUT2D eigenvalue weighted by atomic mass is 79.9. The van der Waals surface area contributed by atoms with Crippen molar-refractivity contribution in [2.45, 2.75) is 0 Å². The normalized spacial score (nSPS) is 10.7. The van der Waals surface area contributed by atoms with Crippen molar-refractivity contribution in [3.63, 3.8) is 0 Å². The van der Waals surface area contributed by atoms with E-state index in [1.807, 2.05) is 0 Å². The summed E-state index contributed by atoms with van der Waals surface area (Å²) in [7, 11) is 0. The minimum atomic E-state index is -0.578. The average molecular weight is 244 g/mol. The molecule has 13 heavy (non-hydrogen) atoms. The van der Waals surface area contributed by atoms with E-state index in [1.165, 1.54) is 24.3 Å². The van der Waals surface area contributed by atoms with Gasteiger partial charge < -0.3 is 0 Å². The van der Waals surface area contributed by atoms with E-state index >= 15 is 0 Å². The van der Waals surface area contributed by atoms with Crippen LogP contribution in [-0.4, -0.2) is 4.98 Å². The summed E-state index contributed by atoms with van der Waals surface area (Å²) in [4.78, 5) is 3.61. The zero-order chi connectivity index (χ0) is 9.42. The highest BCUT2D eigenvalue weighted by molar-refractivity contribution is 9.10. The number of hydrogen-bond donors (Lipinski definition) is 0. The summed E-state index contributed by atoms with van der Waals surface area (Å²) in [5.74, 6) is -0.937. The molecule has 0 fully saturated rings. The fraction of sp³-hybridized carbons (Fsp3) is 0. The first-order valence-corrected chi connectivity index (χ1v) is 4.37. The van der Waals surface area contributed by atoms with Crippen LogP contribution in [0.1, 0.15) is 0 Å². The van der Waals surface area contributed by atoms with Crippen LogP contribution in [0.25, 0.3) is 10.9 Å². The average Bonchev–Trinajstić information content (AvgIpc) is 2.06. The first-order chi connectivity index (χ1) is 6.16. The smallest absolute Gasteiger partial charge is 0.214 e. The number of pyridine rings is 1. The Labute approximate surface area is 81.5 Å². The van der Waals surface area contributed by atoms with Crippen LogP contribution in [0.4, 0.5) is 8.78 Å². The molecule has 0 bridgehead atoms. The SMILES string of the molecule is Fc1ccc2nc(F)cc(Br)c2c1. The molecular formula is C9H4BrF2N. The van der Waals surface area contributed by atoms with Crippen LogP contribution < -0.4 is 0 Å². The van der Waals surface area contributed by atoms with E-state index in [0.29, 0.717) is 15.4 Å². The standard InChI is InChI=1S/C9H4BrF2N/c10-7-4-9(12)13-8-2-1-5(11)3-6(7)8/h1-4H. The third kappa shape index (κ3) is 1.54. The zero-order valence-electron chi connectivity index (χ0n) is 6.39. The van der Waals surface area contributed by atoms with E-state index in [2.05, 4.69) is 20.9 Å². The molecule has 0 aliphatic carbocycles. The molecule has 0 N–H and O–H groups in total. The number of fused-ring (bicyclic) bond motifs is 1. The third-order valence-electron chi connectivity index (χ3n) is 1.69. The van der Waals surface area contributed by atoms with Crippen LogP contribution in [0, 0.1) is 11.8 Å². The fourth-order valence-corrected chi connectivity index (χ4v) is 1.63. The molecule has 0 spiro atoms. The Hall–Kier alpha value is -1.03. The lowest BCUT2D eigenvalue weighted by Gasteiger charge is -1.99. The molecule has 1 aromatic carbocycles. The number of benzene rings is 1. The van der Waals surface area contributed by atoms with Gasteiger partial charge in [-0.05, 0) is 34.1 Å². The van der Waals surface area contributed by atoms with Crippen LogP contribution >= 0.6 is 15.9 Å². The van der Waals surface area contributed by atoms with Crippen LogP contribution in [0.2, 0.25) is 0 Å². The Kier molecular flexibility index (Phi) is 2.00. The topological polar surface area (TPSA) is 12.9 Å². The van der Waals surface area contributed by atoms with Gasteiger partial charge in [-0.2, -0.15) is 4.39 Å². The minimum absolute atomic E-state index is 0.360. The van der Waals surface area contributed by atoms with Crippen LogP contribution in [0.3, 0.4) is 0 Å². The van der Waals surface area contributed by atoms with Crippen molar-refractivity contribution >= 4 is 26.8 Å². The second-order valence-corrected chi connectivity index (χ2v) is 3.44. The molecule has 0 aliphatic rings. The molecule has 0 radical (unpaired) electrons. The molecule has 2 rings (SSSR count). The van der Waals surface area contributed by atoms with Gasteiger partial charge in [-0.1, -0.05) is 0 Å². The van der Waals surface area contributed by atoms with Gasteiger partial charge in [-0.25, -0.2) is 9.37 Å². The number of halogens is 3. The van der Waals surface area contributed by atoms with Gasteiger partial charge in [0.15, 0.2) is 0 Å². The van der Waals surface area contributed by atoms with Gasteiger partial charge in [-0.3, -0.25) is 0 Å². The summed E-state index contributed by atoms with van der Waals surface area (Å²) in [5.41, 5.74) is 0.438. The molecule has 4 heteroatoms. The second-order valence-electron chi connectivity index (χ2n) is 2.59. The number of aromatic nitrogens is 1. The fourth-order valence-electron chi connectivity index (χ4n) is 1.13. The Bertz CT molecular complexity index is 470. The number of hydrogen-bond acceptors (Lipinski definition) is 1. The lowest BCUT2D eigenvalue weighted by Crippen LogP contribution is -1.86. The molecule has 1 heterocycles. The summed E-state index contributed by atoms with van der Waals surface area (Å²) >= 11 is 3.14. The summed E-state index contributed by atoms with van der Waals surface area (Å²) in [6.07, 6.45) is 0. The number of rotatable bonds is 0. The third-order valence-corrected chi connectivity index (χ3v) is 2.35. The van der Waals surface area contributed by atoms with Crippen molar-refractivity contribution in [2.24, 2.45) is 0 Å². The predicted octanol–water partition coefficient (Wildman–Crippen LogP) is 3.28.